The van der Waals surface area contributed by atoms with Gasteiger partial charge in [-0.15, -0.1) is 0 Å². The van der Waals surface area contributed by atoms with Crippen LogP contribution in [0.2, 0.25) is 0 Å². The monoisotopic (exact) mass is 242 g/mol. The number of hydrogen-bond acceptors (Lipinski definition) is 3. The van der Waals surface area contributed by atoms with Crippen LogP contribution in [0, 0.1) is 0 Å². The Morgan fingerprint density at radius 3 is 2.62 bits per heavy atom. The van der Waals surface area contributed by atoms with Crippen molar-refractivity contribution in [1.82, 2.24) is 4.90 Å². The van der Waals surface area contributed by atoms with Crippen LogP contribution in [0.5, 0.6) is 0 Å². The largest absolute Gasteiger partial charge is 0.328 e. The van der Waals surface area contributed by atoms with Gasteiger partial charge in [-0.05, 0) is 38.9 Å². The maximum atomic E-state index is 6.05. The Balaban J connectivity index is 1.98. The van der Waals surface area contributed by atoms with Crippen molar-refractivity contribution in [2.75, 3.05) is 12.8 Å². The minimum Gasteiger partial charge on any atom is -0.328 e. The molecular formula is C13H26N2S. The number of nitrogens with zero attached hydrogens (tertiary/aromatic N) is 1. The highest BCUT2D eigenvalue weighted by Gasteiger charge is 2.34. The molecule has 94 valence electrons. The zero-order valence-electron chi connectivity index (χ0n) is 10.7. The zero-order valence-corrected chi connectivity index (χ0v) is 11.5. The first-order valence-electron chi connectivity index (χ1n) is 6.76. The molecule has 0 amide bonds. The zero-order chi connectivity index (χ0) is 11.5. The molecule has 0 aromatic heterocycles. The lowest BCUT2D eigenvalue weighted by Crippen LogP contribution is -2.54. The molecule has 1 saturated carbocycles. The predicted molar refractivity (Wildman–Crippen MR) is 72.9 cm³/mol. The molecule has 1 aliphatic heterocycles. The lowest BCUT2D eigenvalue weighted by Gasteiger charge is -2.46. The molecule has 2 rings (SSSR count). The van der Waals surface area contributed by atoms with Gasteiger partial charge in [0.15, 0.2) is 0 Å². The van der Waals surface area contributed by atoms with Gasteiger partial charge in [0.05, 0.1) is 0 Å². The van der Waals surface area contributed by atoms with Crippen LogP contribution in [0.4, 0.5) is 0 Å². The van der Waals surface area contributed by atoms with E-state index in [0.717, 1.165) is 11.3 Å². The highest BCUT2D eigenvalue weighted by molar-refractivity contribution is 7.99. The second-order valence-electron chi connectivity index (χ2n) is 5.50. The van der Waals surface area contributed by atoms with E-state index in [2.05, 4.69) is 29.8 Å². The van der Waals surface area contributed by atoms with E-state index in [9.17, 15) is 0 Å². The van der Waals surface area contributed by atoms with Gasteiger partial charge in [-0.25, -0.2) is 0 Å². The molecule has 0 aromatic carbocycles. The van der Waals surface area contributed by atoms with Crippen molar-refractivity contribution in [3.05, 3.63) is 0 Å². The van der Waals surface area contributed by atoms with Gasteiger partial charge in [-0.1, -0.05) is 12.8 Å². The normalized spacial score (nSPS) is 42.2. The van der Waals surface area contributed by atoms with E-state index in [0.29, 0.717) is 12.1 Å². The van der Waals surface area contributed by atoms with Gasteiger partial charge in [0.25, 0.3) is 0 Å². The van der Waals surface area contributed by atoms with E-state index < -0.39 is 0 Å². The summed E-state index contributed by atoms with van der Waals surface area (Å²) in [5.41, 5.74) is 6.05. The molecule has 4 atom stereocenters. The molecule has 1 aliphatic carbocycles. The summed E-state index contributed by atoms with van der Waals surface area (Å²) in [6, 6.07) is 1.97. The van der Waals surface area contributed by atoms with Gasteiger partial charge in [0, 0.05) is 29.9 Å². The lowest BCUT2D eigenvalue weighted by atomic mass is 9.89. The average Bonchev–Trinajstić information content (AvgIpc) is 2.29. The summed E-state index contributed by atoms with van der Waals surface area (Å²) in [5, 5.41) is 0.866. The molecule has 2 N–H and O–H groups in total. The van der Waals surface area contributed by atoms with Crippen LogP contribution in [-0.4, -0.2) is 41.1 Å². The third-order valence-corrected chi connectivity index (χ3v) is 5.52. The fourth-order valence-corrected chi connectivity index (χ4v) is 4.46. The Morgan fingerprint density at radius 2 is 1.94 bits per heavy atom. The van der Waals surface area contributed by atoms with E-state index in [4.69, 9.17) is 5.73 Å². The molecule has 4 unspecified atom stereocenters. The molecule has 1 saturated heterocycles. The van der Waals surface area contributed by atoms with Crippen molar-refractivity contribution in [2.45, 2.75) is 68.8 Å². The lowest BCUT2D eigenvalue weighted by molar-refractivity contribution is 0.0780. The summed E-state index contributed by atoms with van der Waals surface area (Å²) < 4.78 is 0. The van der Waals surface area contributed by atoms with Crippen LogP contribution in [-0.2, 0) is 0 Å². The van der Waals surface area contributed by atoms with E-state index in [1.807, 2.05) is 0 Å². The minimum atomic E-state index is 0.447. The van der Waals surface area contributed by atoms with Gasteiger partial charge in [0.1, 0.15) is 0 Å². The van der Waals surface area contributed by atoms with Gasteiger partial charge in [-0.2, -0.15) is 11.8 Å². The van der Waals surface area contributed by atoms with Gasteiger partial charge < -0.3 is 5.73 Å². The second-order valence-corrected chi connectivity index (χ2v) is 6.57. The number of likely N-dealkylation sites (tertiary alicyclic amines) is 1. The Kier molecular flexibility index (Phi) is 4.57. The first kappa shape index (κ1) is 12.7. The van der Waals surface area contributed by atoms with Crippen molar-refractivity contribution in [3.63, 3.8) is 0 Å². The number of nitrogens with two attached hydrogens (primary N) is 1. The van der Waals surface area contributed by atoms with Crippen LogP contribution < -0.4 is 5.73 Å². The summed E-state index contributed by atoms with van der Waals surface area (Å²) in [6.45, 7) is 3.59. The fraction of sp³-hybridized carbons (Fsp3) is 1.00. The summed E-state index contributed by atoms with van der Waals surface area (Å²) in [7, 11) is 0. The molecule has 0 aromatic rings. The Bertz CT molecular complexity index is 222. The molecular weight excluding hydrogens is 216 g/mol. The van der Waals surface area contributed by atoms with Crippen molar-refractivity contribution in [3.8, 4) is 0 Å². The molecule has 16 heavy (non-hydrogen) atoms. The first-order chi connectivity index (χ1) is 7.72. The number of hydrogen-bond donors (Lipinski definition) is 1. The third-order valence-electron chi connectivity index (χ3n) is 4.36. The van der Waals surface area contributed by atoms with Crippen LogP contribution in [0.1, 0.15) is 45.4 Å². The average molecular weight is 242 g/mol. The molecule has 2 aliphatic rings. The molecule has 0 radical (unpaired) electrons. The maximum Gasteiger partial charge on any atom is 0.0217 e. The van der Waals surface area contributed by atoms with Crippen LogP contribution in [0.15, 0.2) is 0 Å². The summed E-state index contributed by atoms with van der Waals surface area (Å²) >= 11 is 2.08. The van der Waals surface area contributed by atoms with Gasteiger partial charge in [0.2, 0.25) is 0 Å². The molecule has 0 spiro atoms. The molecule has 3 heteroatoms. The van der Waals surface area contributed by atoms with Crippen molar-refractivity contribution in [2.24, 2.45) is 5.73 Å². The van der Waals surface area contributed by atoms with Crippen LogP contribution in [0.25, 0.3) is 0 Å². The van der Waals surface area contributed by atoms with Gasteiger partial charge in [-0.3, -0.25) is 4.90 Å². The van der Waals surface area contributed by atoms with Crippen LogP contribution >= 0.6 is 11.8 Å². The van der Waals surface area contributed by atoms with Crippen molar-refractivity contribution >= 4 is 11.8 Å². The van der Waals surface area contributed by atoms with E-state index >= 15 is 0 Å². The van der Waals surface area contributed by atoms with Gasteiger partial charge >= 0.3 is 0 Å². The van der Waals surface area contributed by atoms with E-state index in [1.165, 1.54) is 45.1 Å². The quantitative estimate of drug-likeness (QED) is 0.806. The topological polar surface area (TPSA) is 29.3 Å². The van der Waals surface area contributed by atoms with Crippen molar-refractivity contribution in [1.29, 1.82) is 0 Å². The Hall–Kier alpha value is 0.270. The Labute approximate surface area is 104 Å². The summed E-state index contributed by atoms with van der Waals surface area (Å²) in [4.78, 5) is 2.75. The van der Waals surface area contributed by atoms with E-state index in [1.54, 1.807) is 0 Å². The highest BCUT2D eigenvalue weighted by atomic mass is 32.2. The predicted octanol–water partition coefficient (Wildman–Crippen LogP) is 2.47. The second kappa shape index (κ2) is 5.74. The molecule has 2 nitrogen and oxygen atoms in total. The van der Waals surface area contributed by atoms with Crippen LogP contribution in [0.3, 0.4) is 0 Å². The molecule has 0 bridgehead atoms. The number of piperidine rings is 1. The SMILES string of the molecule is CSC1CCCCC1N1CCC(N)CC1C. The van der Waals surface area contributed by atoms with E-state index in [-0.39, 0.29) is 0 Å². The molecule has 1 heterocycles. The smallest absolute Gasteiger partial charge is 0.0217 e. The van der Waals surface area contributed by atoms with Crippen molar-refractivity contribution < 1.29 is 0 Å². The standard InChI is InChI=1S/C13H26N2S/c1-10-9-11(14)7-8-15(10)12-5-3-4-6-13(12)16-2/h10-13H,3-9,14H2,1-2H3. The highest BCUT2D eigenvalue weighted by Crippen LogP contribution is 2.33. The third kappa shape index (κ3) is 2.74. The summed E-state index contributed by atoms with van der Waals surface area (Å²) in [5.74, 6) is 0. The number of rotatable bonds is 2. The first-order valence-corrected chi connectivity index (χ1v) is 8.05. The molecule has 2 fully saturated rings. The Morgan fingerprint density at radius 1 is 1.19 bits per heavy atom. The minimum absolute atomic E-state index is 0.447. The summed E-state index contributed by atoms with van der Waals surface area (Å²) in [6.07, 6.45) is 10.4. The fourth-order valence-electron chi connectivity index (χ4n) is 3.45. The number of thioether (sulfide) groups is 1. The maximum absolute atomic E-state index is 6.05.